The van der Waals surface area contributed by atoms with Crippen LogP contribution in [-0.2, 0) is 4.74 Å². The average Bonchev–Trinajstić information content (AvgIpc) is 2.65. The van der Waals surface area contributed by atoms with E-state index in [9.17, 15) is 0 Å². The first-order chi connectivity index (χ1) is 6.79. The Morgan fingerprint density at radius 3 is 3.07 bits per heavy atom. The molecule has 0 aromatic carbocycles. The second-order valence-electron chi connectivity index (χ2n) is 4.89. The molecule has 2 saturated heterocycles. The van der Waals surface area contributed by atoms with Crippen LogP contribution in [0.1, 0.15) is 32.6 Å². The lowest BCUT2D eigenvalue weighted by molar-refractivity contribution is 0.169. The van der Waals surface area contributed by atoms with Crippen LogP contribution in [0.5, 0.6) is 0 Å². The summed E-state index contributed by atoms with van der Waals surface area (Å²) in [4.78, 5) is 0. The molecular formula is C11H22N2O. The van der Waals surface area contributed by atoms with E-state index in [0.29, 0.717) is 6.04 Å². The second kappa shape index (κ2) is 4.60. The van der Waals surface area contributed by atoms with Gasteiger partial charge >= 0.3 is 0 Å². The van der Waals surface area contributed by atoms with E-state index in [4.69, 9.17) is 4.74 Å². The van der Waals surface area contributed by atoms with Gasteiger partial charge in [-0.1, -0.05) is 6.42 Å². The summed E-state index contributed by atoms with van der Waals surface area (Å²) in [7, 11) is 0. The van der Waals surface area contributed by atoms with Crippen LogP contribution in [-0.4, -0.2) is 37.9 Å². The molecule has 0 aliphatic carbocycles. The molecule has 2 aliphatic heterocycles. The lowest BCUT2D eigenvalue weighted by Gasteiger charge is -2.29. The van der Waals surface area contributed by atoms with Crippen molar-refractivity contribution in [2.45, 2.75) is 44.2 Å². The zero-order chi connectivity index (χ0) is 9.86. The van der Waals surface area contributed by atoms with Gasteiger partial charge in [0.2, 0.25) is 0 Å². The first-order valence-corrected chi connectivity index (χ1v) is 5.85. The standard InChI is InChI=1S/C11H22N2O/c1-11(5-7-14-9-11)13-8-10-4-2-3-6-12-10/h10,12-13H,2-9H2,1H3. The largest absolute Gasteiger partial charge is 0.379 e. The molecule has 2 aliphatic rings. The average molecular weight is 198 g/mol. The molecule has 2 atom stereocenters. The Morgan fingerprint density at radius 2 is 2.43 bits per heavy atom. The summed E-state index contributed by atoms with van der Waals surface area (Å²) in [6, 6.07) is 0.682. The fraction of sp³-hybridized carbons (Fsp3) is 1.00. The molecule has 3 nitrogen and oxygen atoms in total. The third-order valence-electron chi connectivity index (χ3n) is 3.41. The molecule has 2 N–H and O–H groups in total. The van der Waals surface area contributed by atoms with E-state index < -0.39 is 0 Å². The van der Waals surface area contributed by atoms with Crippen molar-refractivity contribution in [3.05, 3.63) is 0 Å². The molecule has 0 bridgehead atoms. The molecule has 2 heterocycles. The number of piperidine rings is 1. The van der Waals surface area contributed by atoms with Gasteiger partial charge in [0.05, 0.1) is 6.61 Å². The third kappa shape index (κ3) is 2.69. The molecule has 0 aromatic rings. The minimum atomic E-state index is 0.235. The van der Waals surface area contributed by atoms with Crippen LogP contribution in [0.3, 0.4) is 0 Å². The highest BCUT2D eigenvalue weighted by Crippen LogP contribution is 2.17. The second-order valence-corrected chi connectivity index (χ2v) is 4.89. The van der Waals surface area contributed by atoms with Crippen molar-refractivity contribution in [2.24, 2.45) is 0 Å². The Hall–Kier alpha value is -0.120. The van der Waals surface area contributed by atoms with Gasteiger partial charge in [0.25, 0.3) is 0 Å². The monoisotopic (exact) mass is 198 g/mol. The number of nitrogens with one attached hydrogen (secondary N) is 2. The van der Waals surface area contributed by atoms with Crippen LogP contribution in [0, 0.1) is 0 Å². The molecule has 2 fully saturated rings. The minimum Gasteiger partial charge on any atom is -0.379 e. The molecule has 3 heteroatoms. The fourth-order valence-electron chi connectivity index (χ4n) is 2.27. The van der Waals surface area contributed by atoms with Crippen LogP contribution in [0.25, 0.3) is 0 Å². The zero-order valence-electron chi connectivity index (χ0n) is 9.14. The van der Waals surface area contributed by atoms with Gasteiger partial charge in [0.15, 0.2) is 0 Å². The van der Waals surface area contributed by atoms with Crippen molar-refractivity contribution >= 4 is 0 Å². The maximum Gasteiger partial charge on any atom is 0.0646 e. The predicted octanol–water partition coefficient (Wildman–Crippen LogP) is 0.897. The number of ether oxygens (including phenoxy) is 1. The Labute approximate surface area is 86.6 Å². The smallest absolute Gasteiger partial charge is 0.0646 e. The van der Waals surface area contributed by atoms with Crippen molar-refractivity contribution in [1.82, 2.24) is 10.6 Å². The predicted molar refractivity (Wildman–Crippen MR) is 57.5 cm³/mol. The van der Waals surface area contributed by atoms with Crippen molar-refractivity contribution in [3.8, 4) is 0 Å². The summed E-state index contributed by atoms with van der Waals surface area (Å²) in [6.07, 6.45) is 5.20. The molecule has 0 aromatic heterocycles. The molecular weight excluding hydrogens is 176 g/mol. The normalized spacial score (nSPS) is 38.8. The van der Waals surface area contributed by atoms with Gasteiger partial charge < -0.3 is 15.4 Å². The molecule has 0 radical (unpaired) electrons. The summed E-state index contributed by atoms with van der Waals surface area (Å²) >= 11 is 0. The Balaban J connectivity index is 1.70. The van der Waals surface area contributed by atoms with E-state index in [1.54, 1.807) is 0 Å². The van der Waals surface area contributed by atoms with E-state index in [-0.39, 0.29) is 5.54 Å². The van der Waals surface area contributed by atoms with Crippen LogP contribution < -0.4 is 10.6 Å². The number of rotatable bonds is 3. The molecule has 0 amide bonds. The molecule has 14 heavy (non-hydrogen) atoms. The first kappa shape index (κ1) is 10.4. The SMILES string of the molecule is CC1(NCC2CCCCN2)CCOC1. The van der Waals surface area contributed by atoms with E-state index in [1.165, 1.54) is 25.8 Å². The van der Waals surface area contributed by atoms with Gasteiger partial charge in [-0.25, -0.2) is 0 Å². The molecule has 2 rings (SSSR count). The van der Waals surface area contributed by atoms with Crippen molar-refractivity contribution in [3.63, 3.8) is 0 Å². The minimum absolute atomic E-state index is 0.235. The molecule has 0 spiro atoms. The van der Waals surface area contributed by atoms with E-state index in [0.717, 1.165) is 26.2 Å². The maximum absolute atomic E-state index is 5.42. The highest BCUT2D eigenvalue weighted by molar-refractivity contribution is 4.89. The first-order valence-electron chi connectivity index (χ1n) is 5.85. The molecule has 2 unspecified atom stereocenters. The van der Waals surface area contributed by atoms with E-state index in [2.05, 4.69) is 17.6 Å². The Bertz CT molecular complexity index is 172. The van der Waals surface area contributed by atoms with Gasteiger partial charge in [-0.2, -0.15) is 0 Å². The highest BCUT2D eigenvalue weighted by Gasteiger charge is 2.29. The fourth-order valence-corrected chi connectivity index (χ4v) is 2.27. The van der Waals surface area contributed by atoms with Crippen LogP contribution in [0.2, 0.25) is 0 Å². The van der Waals surface area contributed by atoms with Crippen LogP contribution >= 0.6 is 0 Å². The van der Waals surface area contributed by atoms with Gasteiger partial charge in [0, 0.05) is 24.7 Å². The van der Waals surface area contributed by atoms with Crippen molar-refractivity contribution in [1.29, 1.82) is 0 Å². The van der Waals surface area contributed by atoms with E-state index in [1.807, 2.05) is 0 Å². The topological polar surface area (TPSA) is 33.3 Å². The summed E-state index contributed by atoms with van der Waals surface area (Å²) < 4.78 is 5.42. The van der Waals surface area contributed by atoms with E-state index >= 15 is 0 Å². The molecule has 0 saturated carbocycles. The summed E-state index contributed by atoms with van der Waals surface area (Å²) in [5, 5.41) is 7.20. The number of hydrogen-bond donors (Lipinski definition) is 2. The van der Waals surface area contributed by atoms with Gasteiger partial charge in [0.1, 0.15) is 0 Å². The number of hydrogen-bond acceptors (Lipinski definition) is 3. The van der Waals surface area contributed by atoms with Gasteiger partial charge in [-0.3, -0.25) is 0 Å². The third-order valence-corrected chi connectivity index (χ3v) is 3.41. The Kier molecular flexibility index (Phi) is 3.42. The zero-order valence-corrected chi connectivity index (χ0v) is 9.14. The van der Waals surface area contributed by atoms with Gasteiger partial charge in [-0.05, 0) is 32.7 Å². The van der Waals surface area contributed by atoms with Crippen LogP contribution in [0.15, 0.2) is 0 Å². The maximum atomic E-state index is 5.42. The summed E-state index contributed by atoms with van der Waals surface area (Å²) in [5.41, 5.74) is 0.235. The summed E-state index contributed by atoms with van der Waals surface area (Å²) in [6.45, 7) is 6.35. The van der Waals surface area contributed by atoms with Gasteiger partial charge in [-0.15, -0.1) is 0 Å². The van der Waals surface area contributed by atoms with Crippen molar-refractivity contribution in [2.75, 3.05) is 26.3 Å². The van der Waals surface area contributed by atoms with Crippen LogP contribution in [0.4, 0.5) is 0 Å². The van der Waals surface area contributed by atoms with Crippen molar-refractivity contribution < 1.29 is 4.74 Å². The quantitative estimate of drug-likeness (QED) is 0.707. The highest BCUT2D eigenvalue weighted by atomic mass is 16.5. The summed E-state index contributed by atoms with van der Waals surface area (Å²) in [5.74, 6) is 0. The lowest BCUT2D eigenvalue weighted by Crippen LogP contribution is -2.50. The molecule has 82 valence electrons. The lowest BCUT2D eigenvalue weighted by atomic mass is 9.99. The Morgan fingerprint density at radius 1 is 1.50 bits per heavy atom.